The maximum absolute atomic E-state index is 4.41. The van der Waals surface area contributed by atoms with Crippen molar-refractivity contribution in [1.82, 2.24) is 19.5 Å². The largest absolute Gasteiger partial charge is 0.354 e. The molecule has 0 amide bonds. The topological polar surface area (TPSA) is 46.5 Å². The van der Waals surface area contributed by atoms with Gasteiger partial charge in [0.25, 0.3) is 0 Å². The van der Waals surface area contributed by atoms with Gasteiger partial charge < -0.3 is 9.55 Å². The number of benzene rings is 3. The molecule has 4 aromatic heterocycles. The summed E-state index contributed by atoms with van der Waals surface area (Å²) in [5.41, 5.74) is 12.3. The number of aromatic nitrogens is 4. The molecule has 1 N–H and O–H groups in total. The molecule has 0 atom stereocenters. The highest BCUT2D eigenvalue weighted by atomic mass is 15.0. The highest BCUT2D eigenvalue weighted by molar-refractivity contribution is 6.09. The van der Waals surface area contributed by atoms with E-state index in [1.807, 2.05) is 30.9 Å². The van der Waals surface area contributed by atoms with Gasteiger partial charge in [0.2, 0.25) is 0 Å². The van der Waals surface area contributed by atoms with Gasteiger partial charge in [0.1, 0.15) is 0 Å². The molecule has 0 saturated carbocycles. The zero-order valence-electron chi connectivity index (χ0n) is 20.6. The summed E-state index contributed by atoms with van der Waals surface area (Å²) in [6.07, 6.45) is 7.65. The minimum absolute atomic E-state index is 0.938. The average Bonchev–Trinajstić information content (AvgIpc) is 3.44. The Bertz CT molecular complexity index is 1950. The predicted octanol–water partition coefficient (Wildman–Crippen LogP) is 8.19. The minimum atomic E-state index is 0.938. The molecule has 0 aliphatic carbocycles. The van der Waals surface area contributed by atoms with Crippen LogP contribution in [0.25, 0.3) is 65.9 Å². The Morgan fingerprint density at radius 1 is 0.639 bits per heavy atom. The van der Waals surface area contributed by atoms with Crippen molar-refractivity contribution in [3.05, 3.63) is 96.6 Å². The second-order valence-electron chi connectivity index (χ2n) is 9.66. The molecule has 0 fully saturated rings. The summed E-state index contributed by atoms with van der Waals surface area (Å²) >= 11 is 0. The Labute approximate surface area is 209 Å². The fourth-order valence-electron chi connectivity index (χ4n) is 5.80. The van der Waals surface area contributed by atoms with Crippen LogP contribution in [0.3, 0.4) is 0 Å². The van der Waals surface area contributed by atoms with Crippen molar-refractivity contribution in [2.75, 3.05) is 0 Å². The van der Waals surface area contributed by atoms with Crippen molar-refractivity contribution in [1.29, 1.82) is 0 Å². The van der Waals surface area contributed by atoms with Crippen LogP contribution in [0, 0.1) is 13.8 Å². The quantitative estimate of drug-likeness (QED) is 0.285. The van der Waals surface area contributed by atoms with E-state index in [0.717, 1.165) is 23.0 Å². The number of pyridine rings is 2. The van der Waals surface area contributed by atoms with Crippen LogP contribution in [0.5, 0.6) is 0 Å². The van der Waals surface area contributed by atoms with Gasteiger partial charge in [-0.1, -0.05) is 24.3 Å². The second-order valence-corrected chi connectivity index (χ2v) is 9.66. The highest BCUT2D eigenvalue weighted by Gasteiger charge is 2.14. The summed E-state index contributed by atoms with van der Waals surface area (Å²) in [5.74, 6) is 0. The summed E-state index contributed by atoms with van der Waals surface area (Å²) < 4.78 is 2.37. The van der Waals surface area contributed by atoms with E-state index in [4.69, 9.17) is 0 Å². The molecule has 4 heterocycles. The minimum Gasteiger partial charge on any atom is -0.354 e. The summed E-state index contributed by atoms with van der Waals surface area (Å²) in [6.45, 7) is 7.56. The van der Waals surface area contributed by atoms with E-state index in [1.54, 1.807) is 0 Å². The lowest BCUT2D eigenvalue weighted by molar-refractivity contribution is 0.827. The number of H-pyrrole nitrogens is 1. The van der Waals surface area contributed by atoms with Crippen LogP contribution >= 0.6 is 0 Å². The van der Waals surface area contributed by atoms with E-state index in [9.17, 15) is 0 Å². The molecule has 3 aromatic carbocycles. The summed E-state index contributed by atoms with van der Waals surface area (Å²) in [5, 5.41) is 4.85. The van der Waals surface area contributed by atoms with Crippen LogP contribution in [0.1, 0.15) is 18.1 Å². The lowest BCUT2D eigenvalue weighted by Gasteiger charge is -2.14. The van der Waals surface area contributed by atoms with Crippen molar-refractivity contribution in [3.8, 4) is 22.3 Å². The van der Waals surface area contributed by atoms with Crippen LogP contribution in [-0.2, 0) is 6.54 Å². The van der Waals surface area contributed by atoms with Gasteiger partial charge in [0.05, 0.1) is 5.52 Å². The third-order valence-corrected chi connectivity index (χ3v) is 7.58. The number of aromatic amines is 1. The Hall–Kier alpha value is -4.44. The van der Waals surface area contributed by atoms with Gasteiger partial charge in [-0.05, 0) is 90.6 Å². The molecular formula is C32H26N4. The van der Waals surface area contributed by atoms with E-state index in [2.05, 4.69) is 94.9 Å². The second kappa shape index (κ2) is 7.79. The molecule has 0 spiro atoms. The molecular weight excluding hydrogens is 440 g/mol. The fraction of sp³-hybridized carbons (Fsp3) is 0.125. The van der Waals surface area contributed by atoms with Gasteiger partial charge >= 0.3 is 0 Å². The Balaban J connectivity index is 1.37. The number of fused-ring (bicyclic) bond motifs is 6. The smallest absolute Gasteiger partial charge is 0.0522 e. The number of hydrogen-bond acceptors (Lipinski definition) is 2. The first-order valence-corrected chi connectivity index (χ1v) is 12.5. The number of nitrogens with one attached hydrogen (secondary N) is 1. The Morgan fingerprint density at radius 2 is 1.25 bits per heavy atom. The monoisotopic (exact) mass is 466 g/mol. The van der Waals surface area contributed by atoms with Crippen LogP contribution in [0.15, 0.2) is 85.5 Å². The van der Waals surface area contributed by atoms with Crippen LogP contribution in [0.2, 0.25) is 0 Å². The number of aryl methyl sites for hydroxylation is 3. The molecule has 7 rings (SSSR count). The molecule has 0 aliphatic heterocycles. The summed E-state index contributed by atoms with van der Waals surface area (Å²) in [6, 6.07) is 22.3. The first kappa shape index (κ1) is 20.9. The molecule has 36 heavy (non-hydrogen) atoms. The number of hydrogen-bond donors (Lipinski definition) is 1. The SMILES string of the molecule is CCn1c2ccncc2c2cc(-c3cc(C)c(-c4ccc5[nH]c6ccncc6c5c4)cc3C)ccc21. The first-order valence-electron chi connectivity index (χ1n) is 12.5. The van der Waals surface area contributed by atoms with Crippen molar-refractivity contribution < 1.29 is 0 Å². The fourth-order valence-corrected chi connectivity index (χ4v) is 5.80. The summed E-state index contributed by atoms with van der Waals surface area (Å²) in [4.78, 5) is 12.2. The van der Waals surface area contributed by atoms with E-state index in [0.29, 0.717) is 0 Å². The standard InChI is InChI=1S/C32H26N4/c1-4-36-31-8-6-22(16-26(31)28-18-34-12-10-32(28)36)24-14-19(2)23(13-20(24)3)21-5-7-29-25(15-21)27-17-33-11-9-30(27)35-29/h5-18,35H,4H2,1-3H3. The van der Waals surface area contributed by atoms with E-state index in [1.165, 1.54) is 60.6 Å². The molecule has 4 heteroatoms. The lowest BCUT2D eigenvalue weighted by Crippen LogP contribution is -1.93. The third-order valence-electron chi connectivity index (χ3n) is 7.58. The van der Waals surface area contributed by atoms with E-state index in [-0.39, 0.29) is 0 Å². The van der Waals surface area contributed by atoms with Gasteiger partial charge in [-0.2, -0.15) is 0 Å². The molecule has 0 aliphatic rings. The van der Waals surface area contributed by atoms with E-state index >= 15 is 0 Å². The van der Waals surface area contributed by atoms with Crippen LogP contribution < -0.4 is 0 Å². The molecule has 0 bridgehead atoms. The Morgan fingerprint density at radius 3 is 2.00 bits per heavy atom. The molecule has 7 aromatic rings. The molecule has 0 unspecified atom stereocenters. The highest BCUT2D eigenvalue weighted by Crippen LogP contribution is 2.37. The maximum Gasteiger partial charge on any atom is 0.0522 e. The zero-order chi connectivity index (χ0) is 24.4. The van der Waals surface area contributed by atoms with Crippen molar-refractivity contribution in [2.24, 2.45) is 0 Å². The van der Waals surface area contributed by atoms with Crippen LogP contribution in [0.4, 0.5) is 0 Å². The Kier molecular flexibility index (Phi) is 4.52. The van der Waals surface area contributed by atoms with Crippen molar-refractivity contribution >= 4 is 43.6 Å². The van der Waals surface area contributed by atoms with Gasteiger partial charge in [-0.25, -0.2) is 0 Å². The zero-order valence-corrected chi connectivity index (χ0v) is 20.6. The van der Waals surface area contributed by atoms with Gasteiger partial charge in [0, 0.05) is 69.4 Å². The maximum atomic E-state index is 4.41. The van der Waals surface area contributed by atoms with Crippen molar-refractivity contribution in [2.45, 2.75) is 27.3 Å². The third kappa shape index (κ3) is 3.01. The van der Waals surface area contributed by atoms with E-state index < -0.39 is 0 Å². The lowest BCUT2D eigenvalue weighted by atomic mass is 9.91. The molecule has 0 radical (unpaired) electrons. The normalized spacial score (nSPS) is 11.9. The van der Waals surface area contributed by atoms with Crippen LogP contribution in [-0.4, -0.2) is 19.5 Å². The van der Waals surface area contributed by atoms with Gasteiger partial charge in [-0.3, -0.25) is 9.97 Å². The predicted molar refractivity (Wildman–Crippen MR) is 150 cm³/mol. The van der Waals surface area contributed by atoms with Gasteiger partial charge in [0.15, 0.2) is 0 Å². The van der Waals surface area contributed by atoms with Crippen molar-refractivity contribution in [3.63, 3.8) is 0 Å². The molecule has 174 valence electrons. The number of nitrogens with zero attached hydrogens (tertiary/aromatic N) is 3. The molecule has 0 saturated heterocycles. The number of rotatable bonds is 3. The first-order chi connectivity index (χ1) is 17.6. The van der Waals surface area contributed by atoms with Gasteiger partial charge in [-0.15, -0.1) is 0 Å². The summed E-state index contributed by atoms with van der Waals surface area (Å²) in [7, 11) is 0. The average molecular weight is 467 g/mol. The molecule has 4 nitrogen and oxygen atoms in total.